The maximum absolute atomic E-state index is 13.6. The van der Waals surface area contributed by atoms with Crippen molar-refractivity contribution in [2.24, 2.45) is 0 Å². The lowest BCUT2D eigenvalue weighted by Crippen LogP contribution is -2.08. The molecule has 0 aliphatic heterocycles. The molecule has 0 fully saturated rings. The molecule has 0 N–H and O–H groups in total. The van der Waals surface area contributed by atoms with Gasteiger partial charge in [-0.15, -0.1) is 0 Å². The molecule has 0 saturated carbocycles. The molecule has 0 amide bonds. The van der Waals surface area contributed by atoms with Gasteiger partial charge in [0.05, 0.1) is 13.3 Å². The van der Waals surface area contributed by atoms with Crippen LogP contribution in [0.5, 0.6) is 0 Å². The second-order valence-electron chi connectivity index (χ2n) is 3.56. The van der Waals surface area contributed by atoms with E-state index in [1.807, 2.05) is 0 Å². The van der Waals surface area contributed by atoms with Gasteiger partial charge in [-0.25, -0.2) is 18.3 Å². The van der Waals surface area contributed by atoms with Crippen molar-refractivity contribution < 1.29 is 23.1 Å². The Morgan fingerprint density at radius 1 is 1.42 bits per heavy atom. The van der Waals surface area contributed by atoms with Crippen LogP contribution in [-0.4, -0.2) is 29.1 Å². The molecule has 2 rings (SSSR count). The van der Waals surface area contributed by atoms with Gasteiger partial charge in [0.15, 0.2) is 12.1 Å². The van der Waals surface area contributed by atoms with E-state index in [0.29, 0.717) is 12.4 Å². The minimum atomic E-state index is -0.900. The van der Waals surface area contributed by atoms with Crippen LogP contribution in [0.25, 0.3) is 5.69 Å². The number of carbonyl (C=O) groups excluding carboxylic acids is 2. The number of hydrogen-bond donors (Lipinski definition) is 0. The number of aldehydes is 1. The highest BCUT2D eigenvalue weighted by Crippen LogP contribution is 2.18. The average molecular weight is 266 g/mol. The number of benzene rings is 1. The van der Waals surface area contributed by atoms with Crippen LogP contribution in [0.3, 0.4) is 0 Å². The summed E-state index contributed by atoms with van der Waals surface area (Å²) in [6.45, 7) is 0. The fourth-order valence-corrected chi connectivity index (χ4v) is 1.58. The molecule has 5 nitrogen and oxygen atoms in total. The monoisotopic (exact) mass is 266 g/mol. The fourth-order valence-electron chi connectivity index (χ4n) is 1.58. The Hall–Kier alpha value is -2.57. The van der Waals surface area contributed by atoms with Crippen LogP contribution in [0, 0.1) is 11.6 Å². The zero-order chi connectivity index (χ0) is 14.0. The van der Waals surface area contributed by atoms with Gasteiger partial charge in [-0.1, -0.05) is 0 Å². The van der Waals surface area contributed by atoms with E-state index in [9.17, 15) is 18.4 Å². The third-order valence-electron chi connectivity index (χ3n) is 2.46. The Kier molecular flexibility index (Phi) is 3.37. The lowest BCUT2D eigenvalue weighted by molar-refractivity contribution is 0.0598. The summed E-state index contributed by atoms with van der Waals surface area (Å²) in [6, 6.07) is 2.79. The Morgan fingerprint density at radius 2 is 2.16 bits per heavy atom. The number of nitrogens with zero attached hydrogens (tertiary/aromatic N) is 2. The van der Waals surface area contributed by atoms with Gasteiger partial charge in [-0.05, 0) is 12.1 Å². The van der Waals surface area contributed by atoms with Gasteiger partial charge < -0.3 is 4.74 Å². The molecule has 1 heterocycles. The summed E-state index contributed by atoms with van der Waals surface area (Å²) >= 11 is 0. The Morgan fingerprint density at radius 3 is 2.74 bits per heavy atom. The maximum atomic E-state index is 13.6. The smallest absolute Gasteiger partial charge is 0.341 e. The predicted molar refractivity (Wildman–Crippen MR) is 60.2 cm³/mol. The van der Waals surface area contributed by atoms with E-state index >= 15 is 0 Å². The van der Waals surface area contributed by atoms with Crippen LogP contribution in [0.1, 0.15) is 20.8 Å². The number of rotatable bonds is 3. The molecular weight excluding hydrogens is 258 g/mol. The van der Waals surface area contributed by atoms with Crippen molar-refractivity contribution in [3.05, 3.63) is 47.3 Å². The van der Waals surface area contributed by atoms with Crippen LogP contribution in [0.4, 0.5) is 8.78 Å². The van der Waals surface area contributed by atoms with E-state index in [-0.39, 0.29) is 16.9 Å². The van der Waals surface area contributed by atoms with Crippen LogP contribution in [0.2, 0.25) is 0 Å². The molecule has 98 valence electrons. The van der Waals surface area contributed by atoms with Crippen molar-refractivity contribution in [3.63, 3.8) is 0 Å². The topological polar surface area (TPSA) is 61.2 Å². The summed E-state index contributed by atoms with van der Waals surface area (Å²) in [5.74, 6) is -2.42. The van der Waals surface area contributed by atoms with Gasteiger partial charge in [0.2, 0.25) is 0 Å². The highest BCUT2D eigenvalue weighted by atomic mass is 19.1. The summed E-state index contributed by atoms with van der Waals surface area (Å²) in [7, 11) is 1.15. The second-order valence-corrected chi connectivity index (χ2v) is 3.56. The van der Waals surface area contributed by atoms with Crippen LogP contribution < -0.4 is 0 Å². The number of ether oxygens (including phenoxy) is 1. The SMILES string of the molecule is COC(=O)c1cnn(-c2ccc(F)cc2F)c1C=O. The van der Waals surface area contributed by atoms with Crippen molar-refractivity contribution in [1.82, 2.24) is 9.78 Å². The largest absolute Gasteiger partial charge is 0.465 e. The number of carbonyl (C=O) groups is 2. The number of hydrogen-bond acceptors (Lipinski definition) is 4. The molecular formula is C12H8F2N2O3. The van der Waals surface area contributed by atoms with Crippen molar-refractivity contribution in [2.75, 3.05) is 7.11 Å². The van der Waals surface area contributed by atoms with E-state index in [1.54, 1.807) is 0 Å². The van der Waals surface area contributed by atoms with E-state index in [4.69, 9.17) is 0 Å². The van der Waals surface area contributed by atoms with Crippen molar-refractivity contribution >= 4 is 12.3 Å². The summed E-state index contributed by atoms with van der Waals surface area (Å²) in [5.41, 5.74) is -0.405. The Balaban J connectivity index is 2.60. The summed E-state index contributed by atoms with van der Waals surface area (Å²) in [6.07, 6.45) is 1.43. The molecule has 19 heavy (non-hydrogen) atoms. The van der Waals surface area contributed by atoms with Gasteiger partial charge in [-0.3, -0.25) is 4.79 Å². The normalized spacial score (nSPS) is 10.3. The molecule has 7 heteroatoms. The molecule has 0 aliphatic carbocycles. The van der Waals surface area contributed by atoms with Gasteiger partial charge in [0.25, 0.3) is 0 Å². The molecule has 0 bridgehead atoms. The minimum Gasteiger partial charge on any atom is -0.465 e. The van der Waals surface area contributed by atoms with Crippen LogP contribution >= 0.6 is 0 Å². The van der Waals surface area contributed by atoms with Crippen molar-refractivity contribution in [1.29, 1.82) is 0 Å². The lowest BCUT2D eigenvalue weighted by atomic mass is 10.2. The van der Waals surface area contributed by atoms with E-state index in [0.717, 1.165) is 30.1 Å². The maximum Gasteiger partial charge on any atom is 0.341 e. The first-order valence-corrected chi connectivity index (χ1v) is 5.15. The zero-order valence-electron chi connectivity index (χ0n) is 9.76. The fraction of sp³-hybridized carbons (Fsp3) is 0.0833. The first-order valence-electron chi connectivity index (χ1n) is 5.15. The predicted octanol–water partition coefficient (Wildman–Crippen LogP) is 1.75. The molecule has 0 saturated heterocycles. The highest BCUT2D eigenvalue weighted by molar-refractivity contribution is 5.97. The minimum absolute atomic E-state index is 0.0961. The van der Waals surface area contributed by atoms with Crippen molar-refractivity contribution in [3.8, 4) is 5.69 Å². The van der Waals surface area contributed by atoms with Crippen LogP contribution in [0.15, 0.2) is 24.4 Å². The third kappa shape index (κ3) is 2.22. The summed E-state index contributed by atoms with van der Waals surface area (Å²) < 4.78 is 31.8. The second kappa shape index (κ2) is 4.97. The molecule has 1 aromatic carbocycles. The molecule has 0 aliphatic rings. The molecule has 0 radical (unpaired) electrons. The van der Waals surface area contributed by atoms with Crippen LogP contribution in [-0.2, 0) is 4.74 Å². The van der Waals surface area contributed by atoms with E-state index < -0.39 is 17.6 Å². The van der Waals surface area contributed by atoms with E-state index in [1.165, 1.54) is 0 Å². The number of esters is 1. The Labute approximate surface area is 106 Å². The highest BCUT2D eigenvalue weighted by Gasteiger charge is 2.20. The van der Waals surface area contributed by atoms with E-state index in [2.05, 4.69) is 9.84 Å². The quantitative estimate of drug-likeness (QED) is 0.627. The van der Waals surface area contributed by atoms with Gasteiger partial charge >= 0.3 is 5.97 Å². The Bertz CT molecular complexity index is 652. The van der Waals surface area contributed by atoms with Crippen molar-refractivity contribution in [2.45, 2.75) is 0 Å². The third-order valence-corrected chi connectivity index (χ3v) is 2.46. The van der Waals surface area contributed by atoms with Gasteiger partial charge in [-0.2, -0.15) is 5.10 Å². The number of halogens is 2. The van der Waals surface area contributed by atoms with Gasteiger partial charge in [0, 0.05) is 6.07 Å². The first-order chi connectivity index (χ1) is 9.08. The molecule has 2 aromatic rings. The number of aromatic nitrogens is 2. The van der Waals surface area contributed by atoms with Gasteiger partial charge in [0.1, 0.15) is 22.8 Å². The standard InChI is InChI=1S/C12H8F2N2O3/c1-19-12(18)8-5-15-16(11(8)6-17)10-3-2-7(13)4-9(10)14/h2-6H,1H3. The zero-order valence-corrected chi connectivity index (χ0v) is 9.76. The molecule has 0 atom stereocenters. The number of methoxy groups -OCH3 is 1. The summed E-state index contributed by atoms with van der Waals surface area (Å²) in [4.78, 5) is 22.4. The molecule has 1 aromatic heterocycles. The lowest BCUT2D eigenvalue weighted by Gasteiger charge is -2.05. The first kappa shape index (κ1) is 12.9. The molecule has 0 unspecified atom stereocenters. The molecule has 0 spiro atoms. The average Bonchev–Trinajstić information content (AvgIpc) is 2.81. The summed E-state index contributed by atoms with van der Waals surface area (Å²) in [5, 5.41) is 3.74.